The number of carbonyl (C=O) groups excluding carboxylic acids is 1. The van der Waals surface area contributed by atoms with Crippen LogP contribution in [-0.4, -0.2) is 27.8 Å². The van der Waals surface area contributed by atoms with Crippen LogP contribution >= 0.6 is 11.8 Å². The lowest BCUT2D eigenvalue weighted by Crippen LogP contribution is -2.25. The van der Waals surface area contributed by atoms with E-state index in [1.807, 2.05) is 54.6 Å². The lowest BCUT2D eigenvalue weighted by molar-refractivity contribution is -0.118. The summed E-state index contributed by atoms with van der Waals surface area (Å²) in [5.74, 6) is 2.57. The van der Waals surface area contributed by atoms with Crippen LogP contribution in [0.1, 0.15) is 0 Å². The van der Waals surface area contributed by atoms with Crippen LogP contribution in [0.25, 0.3) is 16.7 Å². The lowest BCUT2D eigenvalue weighted by Gasteiger charge is -2.08. The molecule has 23 heavy (non-hydrogen) atoms. The van der Waals surface area contributed by atoms with Crippen molar-refractivity contribution in [3.63, 3.8) is 0 Å². The van der Waals surface area contributed by atoms with Gasteiger partial charge >= 0.3 is 0 Å². The molecular weight excluding hydrogens is 306 g/mol. The number of nitrogens with one attached hydrogen (secondary N) is 1. The van der Waals surface area contributed by atoms with E-state index in [1.54, 1.807) is 0 Å². The van der Waals surface area contributed by atoms with Gasteiger partial charge < -0.3 is 5.32 Å². The van der Waals surface area contributed by atoms with Crippen molar-refractivity contribution in [2.45, 2.75) is 5.16 Å². The van der Waals surface area contributed by atoms with Gasteiger partial charge in [-0.05, 0) is 24.3 Å². The van der Waals surface area contributed by atoms with Crippen LogP contribution in [0.4, 0.5) is 0 Å². The summed E-state index contributed by atoms with van der Waals surface area (Å²) in [4.78, 5) is 16.4. The first-order chi connectivity index (χ1) is 11.3. The smallest absolute Gasteiger partial charge is 0.231 e. The molecule has 3 aromatic rings. The van der Waals surface area contributed by atoms with Crippen molar-refractivity contribution in [2.75, 3.05) is 12.3 Å². The molecule has 0 spiro atoms. The fourth-order valence-corrected chi connectivity index (χ4v) is 3.12. The Bertz CT molecular complexity index is 865. The van der Waals surface area contributed by atoms with Gasteiger partial charge in [-0.2, -0.15) is 0 Å². The highest BCUT2D eigenvalue weighted by atomic mass is 32.2. The Hall–Kier alpha value is -2.71. The maximum atomic E-state index is 11.8. The minimum Gasteiger partial charge on any atom is -0.344 e. The summed E-state index contributed by atoms with van der Waals surface area (Å²) < 4.78 is 2.06. The summed E-state index contributed by atoms with van der Waals surface area (Å²) in [6, 6.07) is 17.9. The van der Waals surface area contributed by atoms with E-state index in [9.17, 15) is 4.79 Å². The summed E-state index contributed by atoms with van der Waals surface area (Å²) in [5, 5.41) is 3.45. The molecule has 0 fully saturated rings. The topological polar surface area (TPSA) is 46.9 Å². The third kappa shape index (κ3) is 3.38. The molecule has 2 aromatic carbocycles. The molecule has 1 N–H and O–H groups in total. The first-order valence-electron chi connectivity index (χ1n) is 7.15. The van der Waals surface area contributed by atoms with E-state index in [4.69, 9.17) is 6.42 Å². The molecule has 0 aliphatic carbocycles. The normalized spacial score (nSPS) is 10.4. The summed E-state index contributed by atoms with van der Waals surface area (Å²) in [6.45, 7) is 0.245. The van der Waals surface area contributed by atoms with E-state index in [-0.39, 0.29) is 18.2 Å². The van der Waals surface area contributed by atoms with Crippen molar-refractivity contribution in [1.29, 1.82) is 0 Å². The second kappa shape index (κ2) is 7.03. The first kappa shape index (κ1) is 15.2. The number of para-hydroxylation sites is 3. The van der Waals surface area contributed by atoms with Crippen LogP contribution < -0.4 is 5.32 Å². The van der Waals surface area contributed by atoms with Gasteiger partial charge in [-0.1, -0.05) is 48.0 Å². The monoisotopic (exact) mass is 321 g/mol. The quantitative estimate of drug-likeness (QED) is 0.581. The second-order valence-electron chi connectivity index (χ2n) is 4.82. The SMILES string of the molecule is C#CCNC(=O)CSc1nc2ccccc2n1-c1ccccc1. The molecule has 1 heterocycles. The molecule has 1 amide bonds. The minimum atomic E-state index is -0.0976. The molecule has 0 saturated heterocycles. The number of hydrogen-bond acceptors (Lipinski definition) is 3. The standard InChI is InChI=1S/C18H15N3OS/c1-2-12-19-17(22)13-23-18-20-15-10-6-7-11-16(15)21(18)14-8-4-3-5-9-14/h1,3-11H,12-13H2,(H,19,22). The Morgan fingerprint density at radius 2 is 1.91 bits per heavy atom. The predicted molar refractivity (Wildman–Crippen MR) is 93.6 cm³/mol. The highest BCUT2D eigenvalue weighted by molar-refractivity contribution is 7.99. The van der Waals surface area contributed by atoms with Crippen LogP contribution in [-0.2, 0) is 4.79 Å². The molecule has 0 saturated carbocycles. The molecule has 0 unspecified atom stereocenters. The number of aromatic nitrogens is 2. The summed E-state index contributed by atoms with van der Waals surface area (Å²) in [5.41, 5.74) is 2.95. The van der Waals surface area contributed by atoms with Crippen molar-refractivity contribution in [3.05, 3.63) is 54.6 Å². The number of amides is 1. The summed E-state index contributed by atoms with van der Waals surface area (Å²) in [7, 11) is 0. The molecule has 1 aromatic heterocycles. The number of fused-ring (bicyclic) bond motifs is 1. The number of rotatable bonds is 5. The number of carbonyl (C=O) groups is 1. The number of benzene rings is 2. The van der Waals surface area contributed by atoms with Crippen LogP contribution in [0.5, 0.6) is 0 Å². The molecule has 0 aliphatic heterocycles. The fraction of sp³-hybridized carbons (Fsp3) is 0.111. The largest absolute Gasteiger partial charge is 0.344 e. The zero-order valence-electron chi connectivity index (χ0n) is 12.4. The molecule has 0 atom stereocenters. The number of thioether (sulfide) groups is 1. The molecule has 4 nitrogen and oxygen atoms in total. The minimum absolute atomic E-state index is 0.0976. The first-order valence-corrected chi connectivity index (χ1v) is 8.14. The summed E-state index contributed by atoms with van der Waals surface area (Å²) in [6.07, 6.45) is 5.15. The average molecular weight is 321 g/mol. The zero-order valence-corrected chi connectivity index (χ0v) is 13.2. The van der Waals surface area contributed by atoms with Gasteiger partial charge in [0.25, 0.3) is 0 Å². The molecule has 5 heteroatoms. The Morgan fingerprint density at radius 1 is 1.17 bits per heavy atom. The highest BCUT2D eigenvalue weighted by Crippen LogP contribution is 2.27. The van der Waals surface area contributed by atoms with Crippen molar-refractivity contribution >= 4 is 28.7 Å². The van der Waals surface area contributed by atoms with Gasteiger partial charge in [0.1, 0.15) is 0 Å². The van der Waals surface area contributed by atoms with Crippen molar-refractivity contribution < 1.29 is 4.79 Å². The van der Waals surface area contributed by atoms with Crippen molar-refractivity contribution in [2.24, 2.45) is 0 Å². The molecule has 0 bridgehead atoms. The van der Waals surface area contributed by atoms with Crippen molar-refractivity contribution in [1.82, 2.24) is 14.9 Å². The predicted octanol–water partition coefficient (Wildman–Crippen LogP) is 2.87. The number of hydrogen-bond donors (Lipinski definition) is 1. The number of nitrogens with zero attached hydrogens (tertiary/aromatic N) is 2. The Labute approximate surface area is 138 Å². The number of terminal acetylenes is 1. The summed E-state index contributed by atoms with van der Waals surface area (Å²) >= 11 is 1.40. The molecule has 114 valence electrons. The van der Waals surface area contributed by atoms with E-state index in [0.29, 0.717) is 0 Å². The van der Waals surface area contributed by atoms with Crippen LogP contribution in [0.2, 0.25) is 0 Å². The van der Waals surface area contributed by atoms with Gasteiger partial charge in [0.15, 0.2) is 5.16 Å². The average Bonchev–Trinajstić information content (AvgIpc) is 2.97. The lowest BCUT2D eigenvalue weighted by atomic mass is 10.3. The van der Waals surface area contributed by atoms with Gasteiger partial charge in [-0.3, -0.25) is 9.36 Å². The van der Waals surface area contributed by atoms with E-state index < -0.39 is 0 Å². The van der Waals surface area contributed by atoms with Crippen LogP contribution in [0.3, 0.4) is 0 Å². The Kier molecular flexibility index (Phi) is 4.65. The van der Waals surface area contributed by atoms with Crippen LogP contribution in [0.15, 0.2) is 59.8 Å². The van der Waals surface area contributed by atoms with Gasteiger partial charge in [0.2, 0.25) is 5.91 Å². The van der Waals surface area contributed by atoms with E-state index >= 15 is 0 Å². The Morgan fingerprint density at radius 3 is 2.70 bits per heavy atom. The van der Waals surface area contributed by atoms with Gasteiger partial charge in [0, 0.05) is 5.69 Å². The zero-order chi connectivity index (χ0) is 16.1. The molecular formula is C18H15N3OS. The van der Waals surface area contributed by atoms with E-state index in [1.165, 1.54) is 11.8 Å². The fourth-order valence-electron chi connectivity index (χ4n) is 2.26. The van der Waals surface area contributed by atoms with E-state index in [0.717, 1.165) is 21.9 Å². The molecule has 0 radical (unpaired) electrons. The Balaban J connectivity index is 1.94. The maximum Gasteiger partial charge on any atom is 0.231 e. The van der Waals surface area contributed by atoms with Gasteiger partial charge in [0.05, 0.1) is 23.3 Å². The molecule has 0 aliphatic rings. The molecule has 3 rings (SSSR count). The van der Waals surface area contributed by atoms with Gasteiger partial charge in [-0.25, -0.2) is 4.98 Å². The van der Waals surface area contributed by atoms with Crippen molar-refractivity contribution in [3.8, 4) is 18.0 Å². The van der Waals surface area contributed by atoms with Crippen LogP contribution in [0, 0.1) is 12.3 Å². The second-order valence-corrected chi connectivity index (χ2v) is 5.77. The number of imidazole rings is 1. The highest BCUT2D eigenvalue weighted by Gasteiger charge is 2.13. The van der Waals surface area contributed by atoms with E-state index in [2.05, 4.69) is 20.8 Å². The third-order valence-electron chi connectivity index (χ3n) is 3.26. The maximum absolute atomic E-state index is 11.8. The van der Waals surface area contributed by atoms with Gasteiger partial charge in [-0.15, -0.1) is 6.42 Å². The third-order valence-corrected chi connectivity index (χ3v) is 4.20.